The number of rotatable bonds is 10. The first kappa shape index (κ1) is 26.9. The van der Waals surface area contributed by atoms with Crippen LogP contribution in [0.25, 0.3) is 6.08 Å². The van der Waals surface area contributed by atoms with Crippen LogP contribution in [0.1, 0.15) is 31.9 Å². The molecule has 3 rings (SSSR count). The van der Waals surface area contributed by atoms with E-state index in [1.165, 1.54) is 6.08 Å². The number of ether oxygens (including phenoxy) is 3. The molecule has 36 heavy (non-hydrogen) atoms. The lowest BCUT2D eigenvalue weighted by molar-refractivity contribution is -0.112. The zero-order valence-corrected chi connectivity index (χ0v) is 21.7. The predicted octanol–water partition coefficient (Wildman–Crippen LogP) is 7.30. The van der Waals surface area contributed by atoms with Gasteiger partial charge in [0.2, 0.25) is 0 Å². The van der Waals surface area contributed by atoms with Gasteiger partial charge in [-0.1, -0.05) is 41.4 Å². The Hall–Kier alpha value is -3.66. The normalized spacial score (nSPS) is 11.1. The largest absolute Gasteiger partial charge is 0.491 e. The number of nitriles is 1. The van der Waals surface area contributed by atoms with Gasteiger partial charge in [-0.05, 0) is 74.4 Å². The third-order valence-corrected chi connectivity index (χ3v) is 5.52. The summed E-state index contributed by atoms with van der Waals surface area (Å²) in [6, 6.07) is 19.4. The van der Waals surface area contributed by atoms with Crippen LogP contribution in [0.5, 0.6) is 17.2 Å². The average molecular weight is 525 g/mol. The molecule has 1 amide bonds. The lowest BCUT2D eigenvalue weighted by Gasteiger charge is -2.13. The molecule has 0 bridgehead atoms. The van der Waals surface area contributed by atoms with E-state index in [1.807, 2.05) is 32.9 Å². The summed E-state index contributed by atoms with van der Waals surface area (Å²) in [4.78, 5) is 12.8. The molecule has 0 atom stereocenters. The highest BCUT2D eigenvalue weighted by molar-refractivity contribution is 6.42. The molecular formula is C28H26Cl2N2O4. The molecule has 0 aliphatic heterocycles. The average Bonchev–Trinajstić information content (AvgIpc) is 2.84. The molecule has 0 aliphatic carbocycles. The number of benzene rings is 3. The SMILES string of the molecule is CCOc1cc(/C=C(/C#N)C(=O)Nc2cccc(OC(C)C)c2)ccc1OCc1ccc(Cl)c(Cl)c1. The number of anilines is 1. The third-order valence-electron chi connectivity index (χ3n) is 4.79. The number of carbonyl (C=O) groups excluding carboxylic acids is 1. The zero-order valence-electron chi connectivity index (χ0n) is 20.2. The molecule has 186 valence electrons. The minimum Gasteiger partial charge on any atom is -0.491 e. The summed E-state index contributed by atoms with van der Waals surface area (Å²) in [6.07, 6.45) is 1.50. The van der Waals surface area contributed by atoms with Crippen molar-refractivity contribution in [2.45, 2.75) is 33.5 Å². The van der Waals surface area contributed by atoms with E-state index < -0.39 is 5.91 Å². The Kier molecular flexibility index (Phi) is 9.63. The highest BCUT2D eigenvalue weighted by Crippen LogP contribution is 2.31. The van der Waals surface area contributed by atoms with Crippen molar-refractivity contribution in [3.63, 3.8) is 0 Å². The molecule has 8 heteroatoms. The van der Waals surface area contributed by atoms with E-state index in [0.29, 0.717) is 45.2 Å². The van der Waals surface area contributed by atoms with Crippen LogP contribution in [0.3, 0.4) is 0 Å². The van der Waals surface area contributed by atoms with Gasteiger partial charge in [0.15, 0.2) is 11.5 Å². The van der Waals surface area contributed by atoms with Gasteiger partial charge in [-0.3, -0.25) is 4.79 Å². The summed E-state index contributed by atoms with van der Waals surface area (Å²) in [5, 5.41) is 13.3. The van der Waals surface area contributed by atoms with Crippen LogP contribution in [-0.2, 0) is 11.4 Å². The number of carbonyl (C=O) groups is 1. The highest BCUT2D eigenvalue weighted by Gasteiger charge is 2.13. The Morgan fingerprint density at radius 3 is 2.53 bits per heavy atom. The van der Waals surface area contributed by atoms with Crippen molar-refractivity contribution in [3.8, 4) is 23.3 Å². The van der Waals surface area contributed by atoms with Crippen LogP contribution in [0.2, 0.25) is 10.0 Å². The Bertz CT molecular complexity index is 1300. The van der Waals surface area contributed by atoms with E-state index in [9.17, 15) is 10.1 Å². The Morgan fingerprint density at radius 2 is 1.83 bits per heavy atom. The standard InChI is InChI=1S/C28H26Cl2N2O4/c1-4-34-27-14-19(9-11-26(27)35-17-20-8-10-24(29)25(30)13-20)12-21(16-31)28(33)32-22-6-5-7-23(15-22)36-18(2)3/h5-15,18H,4,17H2,1-3H3,(H,32,33)/b21-12-. The van der Waals surface area contributed by atoms with E-state index in [2.05, 4.69) is 5.32 Å². The molecule has 0 aromatic heterocycles. The van der Waals surface area contributed by atoms with Gasteiger partial charge in [0.1, 0.15) is 24.0 Å². The summed E-state index contributed by atoms with van der Waals surface area (Å²) in [6.45, 7) is 6.37. The predicted molar refractivity (Wildman–Crippen MR) is 143 cm³/mol. The number of halogens is 2. The Labute approximate surface area is 221 Å². The summed E-state index contributed by atoms with van der Waals surface area (Å²) < 4.78 is 17.3. The van der Waals surface area contributed by atoms with Gasteiger partial charge < -0.3 is 19.5 Å². The lowest BCUT2D eigenvalue weighted by Crippen LogP contribution is -2.13. The quantitative estimate of drug-likeness (QED) is 0.222. The molecule has 1 N–H and O–H groups in total. The van der Waals surface area contributed by atoms with Crippen molar-refractivity contribution in [1.29, 1.82) is 5.26 Å². The molecule has 0 unspecified atom stereocenters. The van der Waals surface area contributed by atoms with Gasteiger partial charge in [0.25, 0.3) is 5.91 Å². The van der Waals surface area contributed by atoms with Gasteiger partial charge >= 0.3 is 0 Å². The van der Waals surface area contributed by atoms with E-state index >= 15 is 0 Å². The second kappa shape index (κ2) is 12.9. The molecule has 6 nitrogen and oxygen atoms in total. The van der Waals surface area contributed by atoms with Crippen molar-refractivity contribution in [2.75, 3.05) is 11.9 Å². The van der Waals surface area contributed by atoms with Gasteiger partial charge in [-0.25, -0.2) is 0 Å². The van der Waals surface area contributed by atoms with Crippen molar-refractivity contribution >= 4 is 40.9 Å². The van der Waals surface area contributed by atoms with E-state index in [4.69, 9.17) is 37.4 Å². The maximum Gasteiger partial charge on any atom is 0.266 e. The first-order chi connectivity index (χ1) is 17.3. The minimum atomic E-state index is -0.530. The Morgan fingerprint density at radius 1 is 1.03 bits per heavy atom. The molecular weight excluding hydrogens is 499 g/mol. The van der Waals surface area contributed by atoms with Crippen LogP contribution >= 0.6 is 23.2 Å². The lowest BCUT2D eigenvalue weighted by atomic mass is 10.1. The highest BCUT2D eigenvalue weighted by atomic mass is 35.5. The molecule has 0 aliphatic rings. The summed E-state index contributed by atoms with van der Waals surface area (Å²) in [5.41, 5.74) is 1.93. The Balaban J connectivity index is 1.76. The maximum absolute atomic E-state index is 12.8. The number of nitrogens with zero attached hydrogens (tertiary/aromatic N) is 1. The first-order valence-corrected chi connectivity index (χ1v) is 12.1. The number of hydrogen-bond acceptors (Lipinski definition) is 5. The number of nitrogens with one attached hydrogen (secondary N) is 1. The molecule has 0 saturated carbocycles. The maximum atomic E-state index is 12.8. The van der Waals surface area contributed by atoms with E-state index in [1.54, 1.807) is 54.6 Å². The van der Waals surface area contributed by atoms with Crippen molar-refractivity contribution in [1.82, 2.24) is 0 Å². The smallest absolute Gasteiger partial charge is 0.266 e. The molecule has 0 heterocycles. The molecule has 3 aromatic carbocycles. The van der Waals surface area contributed by atoms with Gasteiger partial charge in [-0.15, -0.1) is 0 Å². The van der Waals surface area contributed by atoms with Crippen LogP contribution in [0.15, 0.2) is 66.2 Å². The van der Waals surface area contributed by atoms with Crippen molar-refractivity contribution in [2.24, 2.45) is 0 Å². The molecule has 0 fully saturated rings. The number of hydrogen-bond donors (Lipinski definition) is 1. The van der Waals surface area contributed by atoms with Crippen LogP contribution in [-0.4, -0.2) is 18.6 Å². The fourth-order valence-corrected chi connectivity index (χ4v) is 3.55. The molecule has 0 radical (unpaired) electrons. The fourth-order valence-electron chi connectivity index (χ4n) is 3.23. The summed E-state index contributed by atoms with van der Waals surface area (Å²) in [5.74, 6) is 1.10. The van der Waals surface area contributed by atoms with E-state index in [0.717, 1.165) is 5.56 Å². The molecule has 3 aromatic rings. The second-order valence-electron chi connectivity index (χ2n) is 7.99. The molecule has 0 spiro atoms. The van der Waals surface area contributed by atoms with Gasteiger partial charge in [0.05, 0.1) is 22.8 Å². The topological polar surface area (TPSA) is 80.6 Å². The van der Waals surface area contributed by atoms with Crippen molar-refractivity contribution in [3.05, 3.63) is 87.4 Å². The fraction of sp³-hybridized carbons (Fsp3) is 0.214. The van der Waals surface area contributed by atoms with Crippen LogP contribution < -0.4 is 19.5 Å². The van der Waals surface area contributed by atoms with Gasteiger partial charge in [0, 0.05) is 11.8 Å². The van der Waals surface area contributed by atoms with Crippen molar-refractivity contribution < 1.29 is 19.0 Å². The summed E-state index contributed by atoms with van der Waals surface area (Å²) >= 11 is 12.1. The number of amides is 1. The third kappa shape index (κ3) is 7.67. The second-order valence-corrected chi connectivity index (χ2v) is 8.81. The molecule has 0 saturated heterocycles. The van der Waals surface area contributed by atoms with Crippen LogP contribution in [0, 0.1) is 11.3 Å². The van der Waals surface area contributed by atoms with E-state index in [-0.39, 0.29) is 18.3 Å². The van der Waals surface area contributed by atoms with Gasteiger partial charge in [-0.2, -0.15) is 5.26 Å². The first-order valence-electron chi connectivity index (χ1n) is 11.3. The minimum absolute atomic E-state index is 0.000921. The monoisotopic (exact) mass is 524 g/mol. The zero-order chi connectivity index (χ0) is 26.1. The van der Waals surface area contributed by atoms with Crippen LogP contribution in [0.4, 0.5) is 5.69 Å². The summed E-state index contributed by atoms with van der Waals surface area (Å²) in [7, 11) is 0.